The van der Waals surface area contributed by atoms with Crippen molar-refractivity contribution in [2.75, 3.05) is 0 Å². The number of benzene rings is 1. The van der Waals surface area contributed by atoms with E-state index in [2.05, 4.69) is 0 Å². The van der Waals surface area contributed by atoms with E-state index >= 15 is 0 Å². The third kappa shape index (κ3) is 1.94. The Bertz CT molecular complexity index is 406. The molecule has 0 bridgehead atoms. The summed E-state index contributed by atoms with van der Waals surface area (Å²) in [5, 5.41) is 8.14. The van der Waals surface area contributed by atoms with Crippen LogP contribution in [-0.2, 0) is 4.79 Å². The monoisotopic (exact) mass is 207 g/mol. The van der Waals surface area contributed by atoms with Gasteiger partial charge in [0.15, 0.2) is 5.78 Å². The highest BCUT2D eigenvalue weighted by atomic mass is 35.5. The summed E-state index contributed by atoms with van der Waals surface area (Å²) in [6.07, 6.45) is 0. The molecule has 0 fully saturated rings. The summed E-state index contributed by atoms with van der Waals surface area (Å²) < 4.78 is 0. The van der Waals surface area contributed by atoms with E-state index in [1.807, 2.05) is 19.1 Å². The zero-order chi connectivity index (χ0) is 10.7. The Balaban J connectivity index is 3.32. The van der Waals surface area contributed by atoms with Gasteiger partial charge in [-0.05, 0) is 31.0 Å². The van der Waals surface area contributed by atoms with Crippen LogP contribution in [0.3, 0.4) is 0 Å². The van der Waals surface area contributed by atoms with Gasteiger partial charge in [-0.2, -0.15) is 5.26 Å². The van der Waals surface area contributed by atoms with Gasteiger partial charge in [0.2, 0.25) is 0 Å². The van der Waals surface area contributed by atoms with E-state index in [4.69, 9.17) is 16.9 Å². The maximum Gasteiger partial charge on any atom is 0.152 e. The van der Waals surface area contributed by atoms with Crippen molar-refractivity contribution < 1.29 is 4.79 Å². The normalized spacial score (nSPS) is 11.9. The second-order valence-corrected chi connectivity index (χ2v) is 3.56. The summed E-state index contributed by atoms with van der Waals surface area (Å²) in [6.45, 7) is 3.26. The molecule has 0 spiro atoms. The first-order chi connectivity index (χ1) is 6.57. The zero-order valence-electron chi connectivity index (χ0n) is 8.04. The van der Waals surface area contributed by atoms with Gasteiger partial charge in [0.1, 0.15) is 5.38 Å². The Morgan fingerprint density at radius 2 is 2.21 bits per heavy atom. The molecular weight excluding hydrogens is 198 g/mol. The molecule has 1 unspecified atom stereocenters. The van der Waals surface area contributed by atoms with Crippen molar-refractivity contribution >= 4 is 17.4 Å². The molecule has 14 heavy (non-hydrogen) atoms. The molecular formula is C11H10ClNO. The number of halogens is 1. The number of ketones is 1. The number of rotatable bonds is 2. The molecule has 0 heterocycles. The summed E-state index contributed by atoms with van der Waals surface area (Å²) >= 11 is 5.93. The van der Waals surface area contributed by atoms with Crippen molar-refractivity contribution in [1.82, 2.24) is 0 Å². The molecule has 0 amide bonds. The second-order valence-electron chi connectivity index (χ2n) is 3.12. The topological polar surface area (TPSA) is 40.9 Å². The molecule has 0 aliphatic heterocycles. The first-order valence-electron chi connectivity index (χ1n) is 4.22. The van der Waals surface area contributed by atoms with Crippen LogP contribution in [0.25, 0.3) is 0 Å². The summed E-state index contributed by atoms with van der Waals surface area (Å²) in [4.78, 5) is 11.1. The van der Waals surface area contributed by atoms with E-state index < -0.39 is 5.38 Å². The van der Waals surface area contributed by atoms with Crippen molar-refractivity contribution in [1.29, 1.82) is 5.26 Å². The van der Waals surface area contributed by atoms with Gasteiger partial charge in [-0.15, -0.1) is 11.6 Å². The van der Waals surface area contributed by atoms with E-state index in [-0.39, 0.29) is 5.78 Å². The number of hydrogen-bond donors (Lipinski definition) is 0. The third-order valence-corrected chi connectivity index (χ3v) is 2.58. The lowest BCUT2D eigenvalue weighted by Gasteiger charge is -2.11. The van der Waals surface area contributed by atoms with Gasteiger partial charge in [0, 0.05) is 0 Å². The van der Waals surface area contributed by atoms with Crippen LogP contribution in [0.4, 0.5) is 0 Å². The molecule has 3 heteroatoms. The van der Waals surface area contributed by atoms with Crippen LogP contribution in [0.1, 0.15) is 29.0 Å². The van der Waals surface area contributed by atoms with E-state index in [1.165, 1.54) is 6.92 Å². The maximum atomic E-state index is 11.1. The van der Waals surface area contributed by atoms with Gasteiger partial charge in [0.05, 0.1) is 11.6 Å². The molecule has 0 saturated carbocycles. The smallest absolute Gasteiger partial charge is 0.152 e. The Morgan fingerprint density at radius 3 is 2.71 bits per heavy atom. The van der Waals surface area contributed by atoms with Crippen molar-refractivity contribution in [3.63, 3.8) is 0 Å². The molecule has 1 rings (SSSR count). The van der Waals surface area contributed by atoms with E-state index in [9.17, 15) is 4.79 Å². The number of Topliss-reactive ketones (excluding diaryl/α,β-unsaturated/α-hetero) is 1. The number of carbonyl (C=O) groups excluding carboxylic acids is 1. The number of aryl methyl sites for hydroxylation is 1. The average Bonchev–Trinajstić information content (AvgIpc) is 2.16. The molecule has 2 nitrogen and oxygen atoms in total. The predicted molar refractivity (Wildman–Crippen MR) is 55.2 cm³/mol. The number of alkyl halides is 1. The summed E-state index contributed by atoms with van der Waals surface area (Å²) in [5.41, 5.74) is 1.98. The van der Waals surface area contributed by atoms with Crippen LogP contribution in [0, 0.1) is 18.3 Å². The first-order valence-corrected chi connectivity index (χ1v) is 4.65. The van der Waals surface area contributed by atoms with Gasteiger partial charge < -0.3 is 0 Å². The summed E-state index contributed by atoms with van der Waals surface area (Å²) in [5.74, 6) is -0.141. The molecule has 1 aromatic rings. The van der Waals surface area contributed by atoms with Crippen molar-refractivity contribution in [2.45, 2.75) is 19.2 Å². The highest BCUT2D eigenvalue weighted by Crippen LogP contribution is 2.27. The predicted octanol–water partition coefficient (Wildman–Crippen LogP) is 2.74. The Hall–Kier alpha value is -1.33. The van der Waals surface area contributed by atoms with E-state index in [0.29, 0.717) is 11.1 Å². The summed E-state index contributed by atoms with van der Waals surface area (Å²) in [6, 6.07) is 7.32. The lowest BCUT2D eigenvalue weighted by molar-refractivity contribution is -0.116. The van der Waals surface area contributed by atoms with Crippen LogP contribution in [-0.4, -0.2) is 5.78 Å². The number of nitrogens with zero attached hydrogens (tertiary/aromatic N) is 1. The van der Waals surface area contributed by atoms with Gasteiger partial charge >= 0.3 is 0 Å². The van der Waals surface area contributed by atoms with Crippen LogP contribution < -0.4 is 0 Å². The minimum absolute atomic E-state index is 0.141. The van der Waals surface area contributed by atoms with Gasteiger partial charge in [0.25, 0.3) is 0 Å². The molecule has 1 aromatic carbocycles. The zero-order valence-corrected chi connectivity index (χ0v) is 8.80. The first kappa shape index (κ1) is 10.7. The minimum Gasteiger partial charge on any atom is -0.298 e. The number of nitriles is 1. The number of carbonyl (C=O) groups is 1. The second kappa shape index (κ2) is 4.26. The SMILES string of the molecule is CC(=O)C(Cl)c1c(C)cccc1C#N. The fourth-order valence-electron chi connectivity index (χ4n) is 1.32. The van der Waals surface area contributed by atoms with Crippen molar-refractivity contribution in [3.8, 4) is 6.07 Å². The Labute approximate surface area is 88.1 Å². The summed E-state index contributed by atoms with van der Waals surface area (Å²) in [7, 11) is 0. The highest BCUT2D eigenvalue weighted by Gasteiger charge is 2.18. The van der Waals surface area contributed by atoms with Crippen LogP contribution in [0.2, 0.25) is 0 Å². The quantitative estimate of drug-likeness (QED) is 0.700. The maximum absolute atomic E-state index is 11.1. The molecule has 1 atom stereocenters. The standard InChI is InChI=1S/C11H10ClNO/c1-7-4-3-5-9(6-13)10(7)11(12)8(2)14/h3-5,11H,1-2H3. The average molecular weight is 208 g/mol. The lowest BCUT2D eigenvalue weighted by atomic mass is 9.98. The molecule has 0 aliphatic rings. The van der Waals surface area contributed by atoms with E-state index in [1.54, 1.807) is 12.1 Å². The molecule has 0 radical (unpaired) electrons. The van der Waals surface area contributed by atoms with Crippen molar-refractivity contribution in [2.24, 2.45) is 0 Å². The Kier molecular flexibility index (Phi) is 3.27. The van der Waals surface area contributed by atoms with E-state index in [0.717, 1.165) is 5.56 Å². The third-order valence-electron chi connectivity index (χ3n) is 2.05. The number of hydrogen-bond acceptors (Lipinski definition) is 2. The lowest BCUT2D eigenvalue weighted by Crippen LogP contribution is -2.05. The fraction of sp³-hybridized carbons (Fsp3) is 0.273. The molecule has 0 saturated heterocycles. The van der Waals surface area contributed by atoms with Crippen molar-refractivity contribution in [3.05, 3.63) is 34.9 Å². The highest BCUT2D eigenvalue weighted by molar-refractivity contribution is 6.31. The van der Waals surface area contributed by atoms with Gasteiger partial charge in [-0.25, -0.2) is 0 Å². The minimum atomic E-state index is -0.717. The van der Waals surface area contributed by atoms with Gasteiger partial charge in [-0.1, -0.05) is 12.1 Å². The van der Waals surface area contributed by atoms with Crippen LogP contribution in [0.5, 0.6) is 0 Å². The Morgan fingerprint density at radius 1 is 1.57 bits per heavy atom. The molecule has 0 N–H and O–H groups in total. The molecule has 0 aromatic heterocycles. The molecule has 0 aliphatic carbocycles. The molecule has 72 valence electrons. The van der Waals surface area contributed by atoms with Crippen LogP contribution in [0.15, 0.2) is 18.2 Å². The fourth-order valence-corrected chi connectivity index (χ4v) is 1.61. The largest absolute Gasteiger partial charge is 0.298 e. The van der Waals surface area contributed by atoms with Crippen LogP contribution >= 0.6 is 11.6 Å². The van der Waals surface area contributed by atoms with Gasteiger partial charge in [-0.3, -0.25) is 4.79 Å².